The van der Waals surface area contributed by atoms with Crippen molar-refractivity contribution in [3.8, 4) is 11.5 Å². The largest absolute Gasteiger partial charge is 0.493 e. The number of pyridine rings is 1. The molecule has 0 unspecified atom stereocenters. The summed E-state index contributed by atoms with van der Waals surface area (Å²) in [7, 11) is 3.01. The summed E-state index contributed by atoms with van der Waals surface area (Å²) < 4.78 is 23.6. The smallest absolute Gasteiger partial charge is 0.274 e. The number of anilines is 2. The van der Waals surface area contributed by atoms with Gasteiger partial charge in [-0.2, -0.15) is 0 Å². The first kappa shape index (κ1) is 19.8. The molecule has 2 N–H and O–H groups in total. The standard InChI is InChI=1S/C21H18FN3O4/c1-28-18-7-6-16(12-19(18)29-2)24-20(26)13-8-9-23-17(10-13)21(27)25-15-5-3-4-14(22)11-15/h3-12H,1-2H3,(H,24,26)(H,25,27). The van der Waals surface area contributed by atoms with Crippen molar-refractivity contribution in [2.45, 2.75) is 0 Å². The fourth-order valence-electron chi connectivity index (χ4n) is 2.57. The zero-order valence-electron chi connectivity index (χ0n) is 15.7. The van der Waals surface area contributed by atoms with E-state index in [1.54, 1.807) is 24.3 Å². The van der Waals surface area contributed by atoms with E-state index in [4.69, 9.17) is 9.47 Å². The van der Waals surface area contributed by atoms with Gasteiger partial charge >= 0.3 is 0 Å². The van der Waals surface area contributed by atoms with Crippen molar-refractivity contribution >= 4 is 23.2 Å². The first-order chi connectivity index (χ1) is 14.0. The maximum Gasteiger partial charge on any atom is 0.274 e. The second kappa shape index (κ2) is 8.83. The van der Waals surface area contributed by atoms with Crippen LogP contribution >= 0.6 is 0 Å². The summed E-state index contributed by atoms with van der Waals surface area (Å²) in [6, 6.07) is 13.3. The highest BCUT2D eigenvalue weighted by Crippen LogP contribution is 2.29. The molecule has 0 saturated heterocycles. The third-order valence-electron chi connectivity index (χ3n) is 3.98. The van der Waals surface area contributed by atoms with E-state index in [-0.39, 0.29) is 16.9 Å². The van der Waals surface area contributed by atoms with Crippen LogP contribution in [-0.4, -0.2) is 31.0 Å². The minimum Gasteiger partial charge on any atom is -0.493 e. The molecule has 0 aliphatic heterocycles. The number of methoxy groups -OCH3 is 2. The number of benzene rings is 2. The second-order valence-electron chi connectivity index (χ2n) is 5.92. The van der Waals surface area contributed by atoms with Crippen LogP contribution in [0.25, 0.3) is 0 Å². The Morgan fingerprint density at radius 1 is 0.862 bits per heavy atom. The van der Waals surface area contributed by atoms with Gasteiger partial charge in [0.25, 0.3) is 11.8 Å². The zero-order valence-corrected chi connectivity index (χ0v) is 15.7. The van der Waals surface area contributed by atoms with E-state index in [9.17, 15) is 14.0 Å². The lowest BCUT2D eigenvalue weighted by Gasteiger charge is -2.11. The Labute approximate surface area is 166 Å². The average molecular weight is 395 g/mol. The van der Waals surface area contributed by atoms with Gasteiger partial charge < -0.3 is 20.1 Å². The molecule has 0 atom stereocenters. The molecule has 0 aliphatic rings. The number of halogens is 1. The van der Waals surface area contributed by atoms with Crippen LogP contribution in [0.1, 0.15) is 20.8 Å². The molecule has 3 aromatic rings. The van der Waals surface area contributed by atoms with Gasteiger partial charge in [-0.15, -0.1) is 0 Å². The average Bonchev–Trinajstić information content (AvgIpc) is 2.73. The summed E-state index contributed by atoms with van der Waals surface area (Å²) >= 11 is 0. The number of carbonyl (C=O) groups excluding carboxylic acids is 2. The molecule has 7 nitrogen and oxygen atoms in total. The molecule has 0 spiro atoms. The minimum absolute atomic E-state index is 0.0224. The summed E-state index contributed by atoms with van der Waals surface area (Å²) in [6.45, 7) is 0. The topological polar surface area (TPSA) is 89.5 Å². The fourth-order valence-corrected chi connectivity index (χ4v) is 2.57. The van der Waals surface area contributed by atoms with E-state index < -0.39 is 17.6 Å². The van der Waals surface area contributed by atoms with Gasteiger partial charge in [0.05, 0.1) is 14.2 Å². The number of hydrogen-bond acceptors (Lipinski definition) is 5. The Hall–Kier alpha value is -3.94. The van der Waals surface area contributed by atoms with Crippen LogP contribution in [0.2, 0.25) is 0 Å². The Bertz CT molecular complexity index is 1060. The number of rotatable bonds is 6. The van der Waals surface area contributed by atoms with Gasteiger partial charge in [0.2, 0.25) is 0 Å². The van der Waals surface area contributed by atoms with Crippen molar-refractivity contribution in [3.63, 3.8) is 0 Å². The molecule has 1 heterocycles. The first-order valence-electron chi connectivity index (χ1n) is 8.56. The minimum atomic E-state index is -0.559. The number of carbonyl (C=O) groups is 2. The van der Waals surface area contributed by atoms with Crippen LogP contribution in [0.15, 0.2) is 60.8 Å². The summed E-state index contributed by atoms with van der Waals surface area (Å²) in [5, 5.41) is 5.26. The number of hydrogen-bond donors (Lipinski definition) is 2. The third-order valence-corrected chi connectivity index (χ3v) is 3.98. The molecule has 0 aliphatic carbocycles. The van der Waals surface area contributed by atoms with Crippen molar-refractivity contribution in [2.75, 3.05) is 24.9 Å². The lowest BCUT2D eigenvalue weighted by atomic mass is 10.2. The van der Waals surface area contributed by atoms with E-state index in [0.717, 1.165) is 0 Å². The van der Waals surface area contributed by atoms with Crippen LogP contribution in [0.3, 0.4) is 0 Å². The van der Waals surface area contributed by atoms with Gasteiger partial charge in [-0.25, -0.2) is 4.39 Å². The summed E-state index contributed by atoms with van der Waals surface area (Å²) in [6.07, 6.45) is 1.35. The zero-order chi connectivity index (χ0) is 20.8. The number of ether oxygens (including phenoxy) is 2. The molecule has 0 radical (unpaired) electrons. The van der Waals surface area contributed by atoms with Gasteiger partial charge in [-0.1, -0.05) is 6.07 Å². The SMILES string of the molecule is COc1ccc(NC(=O)c2ccnc(C(=O)Nc3cccc(F)c3)c2)cc1OC. The number of amides is 2. The van der Waals surface area contributed by atoms with Crippen molar-refractivity contribution < 1.29 is 23.5 Å². The Balaban J connectivity index is 1.74. The van der Waals surface area contributed by atoms with Gasteiger partial charge in [0, 0.05) is 29.2 Å². The molecule has 29 heavy (non-hydrogen) atoms. The first-order valence-corrected chi connectivity index (χ1v) is 8.56. The predicted octanol–water partition coefficient (Wildman–Crippen LogP) is 3.74. The van der Waals surface area contributed by atoms with Crippen LogP contribution < -0.4 is 20.1 Å². The quantitative estimate of drug-likeness (QED) is 0.664. The van der Waals surface area contributed by atoms with Crippen LogP contribution in [0.5, 0.6) is 11.5 Å². The predicted molar refractivity (Wildman–Crippen MR) is 106 cm³/mol. The molecule has 1 aromatic heterocycles. The van der Waals surface area contributed by atoms with E-state index in [1.165, 1.54) is 50.7 Å². The molecule has 0 bridgehead atoms. The molecular weight excluding hydrogens is 377 g/mol. The van der Waals surface area contributed by atoms with Crippen molar-refractivity contribution in [3.05, 3.63) is 77.9 Å². The summed E-state index contributed by atoms with van der Waals surface area (Å²) in [5.74, 6) is -0.462. The van der Waals surface area contributed by atoms with Crippen molar-refractivity contribution in [2.24, 2.45) is 0 Å². The van der Waals surface area contributed by atoms with Crippen LogP contribution in [0, 0.1) is 5.82 Å². The maximum absolute atomic E-state index is 13.3. The lowest BCUT2D eigenvalue weighted by Crippen LogP contribution is -2.17. The monoisotopic (exact) mass is 395 g/mol. The molecule has 2 aromatic carbocycles. The van der Waals surface area contributed by atoms with Gasteiger partial charge in [-0.3, -0.25) is 14.6 Å². The van der Waals surface area contributed by atoms with Crippen molar-refractivity contribution in [1.29, 1.82) is 0 Å². The molecule has 148 valence electrons. The summed E-state index contributed by atoms with van der Waals surface area (Å²) in [4.78, 5) is 28.9. The van der Waals surface area contributed by atoms with Gasteiger partial charge in [0.1, 0.15) is 11.5 Å². The molecule has 2 amide bonds. The molecule has 3 rings (SSSR count). The maximum atomic E-state index is 13.3. The van der Waals surface area contributed by atoms with Gasteiger partial charge in [0.15, 0.2) is 11.5 Å². The molecule has 0 saturated carbocycles. The fraction of sp³-hybridized carbons (Fsp3) is 0.0952. The van der Waals surface area contributed by atoms with Crippen LogP contribution in [0.4, 0.5) is 15.8 Å². The molecular formula is C21H18FN3O4. The Morgan fingerprint density at radius 2 is 1.59 bits per heavy atom. The van der Waals surface area contributed by atoms with E-state index in [2.05, 4.69) is 15.6 Å². The van der Waals surface area contributed by atoms with E-state index in [1.807, 2.05) is 0 Å². The lowest BCUT2D eigenvalue weighted by molar-refractivity contribution is 0.102. The highest BCUT2D eigenvalue weighted by atomic mass is 19.1. The van der Waals surface area contributed by atoms with E-state index >= 15 is 0 Å². The Morgan fingerprint density at radius 3 is 2.31 bits per heavy atom. The van der Waals surface area contributed by atoms with E-state index in [0.29, 0.717) is 17.2 Å². The molecule has 8 heteroatoms. The second-order valence-corrected chi connectivity index (χ2v) is 5.92. The highest BCUT2D eigenvalue weighted by molar-refractivity contribution is 6.07. The summed E-state index contributed by atoms with van der Waals surface area (Å²) in [5.41, 5.74) is 1.04. The van der Waals surface area contributed by atoms with Crippen LogP contribution in [-0.2, 0) is 0 Å². The number of aromatic nitrogens is 1. The highest BCUT2D eigenvalue weighted by Gasteiger charge is 2.14. The third kappa shape index (κ3) is 4.86. The number of nitrogens with zero attached hydrogens (tertiary/aromatic N) is 1. The number of nitrogens with one attached hydrogen (secondary N) is 2. The Kier molecular flexibility index (Phi) is 6.03. The van der Waals surface area contributed by atoms with Gasteiger partial charge in [-0.05, 0) is 42.5 Å². The normalized spacial score (nSPS) is 10.2. The molecule has 0 fully saturated rings. The van der Waals surface area contributed by atoms with Crippen molar-refractivity contribution in [1.82, 2.24) is 4.98 Å².